The highest BCUT2D eigenvalue weighted by molar-refractivity contribution is 7.16. The van der Waals surface area contributed by atoms with E-state index in [0.717, 1.165) is 9.56 Å². The van der Waals surface area contributed by atoms with Gasteiger partial charge in [-0.05, 0) is 24.3 Å². The first kappa shape index (κ1) is 25.0. The first-order valence-electron chi connectivity index (χ1n) is 11.1. The zero-order chi connectivity index (χ0) is 26.8. The van der Waals surface area contributed by atoms with Gasteiger partial charge >= 0.3 is 5.97 Å². The molecule has 0 radical (unpaired) electrons. The highest BCUT2D eigenvalue weighted by atomic mass is 35.5. The number of thiophene rings is 1. The van der Waals surface area contributed by atoms with Crippen LogP contribution in [0.2, 0.25) is 4.34 Å². The molecule has 192 valence electrons. The van der Waals surface area contributed by atoms with Crippen LogP contribution in [0.3, 0.4) is 0 Å². The molecule has 5 rings (SSSR count). The van der Waals surface area contributed by atoms with E-state index in [-0.39, 0.29) is 40.4 Å². The fraction of sp³-hybridized carbons (Fsp3) is 0.0800. The van der Waals surface area contributed by atoms with Crippen LogP contribution in [0.25, 0.3) is 11.3 Å². The van der Waals surface area contributed by atoms with Gasteiger partial charge in [0, 0.05) is 40.0 Å². The maximum absolute atomic E-state index is 13.4. The van der Waals surface area contributed by atoms with E-state index in [2.05, 4.69) is 15.6 Å². The summed E-state index contributed by atoms with van der Waals surface area (Å²) >= 11 is 7.40. The van der Waals surface area contributed by atoms with E-state index in [1.165, 1.54) is 46.7 Å². The van der Waals surface area contributed by atoms with Crippen LogP contribution < -0.4 is 16.6 Å². The third-order valence-corrected chi connectivity index (χ3v) is 6.87. The predicted molar refractivity (Wildman–Crippen MR) is 142 cm³/mol. The van der Waals surface area contributed by atoms with Gasteiger partial charge in [0.2, 0.25) is 0 Å². The van der Waals surface area contributed by atoms with Gasteiger partial charge in [0.1, 0.15) is 12.1 Å². The number of aromatic nitrogens is 4. The number of hydrogen-bond acceptors (Lipinski definition) is 9. The Labute approximate surface area is 223 Å². The average molecular weight is 551 g/mol. The van der Waals surface area contributed by atoms with Crippen molar-refractivity contribution in [1.82, 2.24) is 19.5 Å². The van der Waals surface area contributed by atoms with E-state index in [9.17, 15) is 19.5 Å². The molecule has 38 heavy (non-hydrogen) atoms. The number of aromatic carboxylic acids is 1. The Balaban J connectivity index is 1.58. The van der Waals surface area contributed by atoms with Gasteiger partial charge in [-0.25, -0.2) is 4.79 Å². The van der Waals surface area contributed by atoms with Gasteiger partial charge in [-0.15, -0.1) is 11.3 Å². The molecule has 4 N–H and O–H groups in total. The molecule has 0 aliphatic heterocycles. The molecule has 5 aromatic rings. The van der Waals surface area contributed by atoms with Gasteiger partial charge in [0.05, 0.1) is 40.4 Å². The van der Waals surface area contributed by atoms with Gasteiger partial charge in [-0.3, -0.25) is 9.59 Å². The summed E-state index contributed by atoms with van der Waals surface area (Å²) in [7, 11) is 0. The summed E-state index contributed by atoms with van der Waals surface area (Å²) in [6.07, 6.45) is 4.02. The lowest BCUT2D eigenvalue weighted by Crippen LogP contribution is -2.22. The van der Waals surface area contributed by atoms with Gasteiger partial charge in [0.15, 0.2) is 0 Å². The number of benzene rings is 1. The molecule has 11 nitrogen and oxygen atoms in total. The minimum atomic E-state index is -1.27. The molecule has 0 bridgehead atoms. The van der Waals surface area contributed by atoms with Gasteiger partial charge in [-0.1, -0.05) is 28.9 Å². The third kappa shape index (κ3) is 5.08. The fourth-order valence-corrected chi connectivity index (χ4v) is 4.83. The summed E-state index contributed by atoms with van der Waals surface area (Å²) < 4.78 is 7.73. The lowest BCUT2D eigenvalue weighted by Gasteiger charge is -2.09. The number of nitrogen functional groups attached to an aromatic ring is 1. The second-order valence-corrected chi connectivity index (χ2v) is 9.98. The SMILES string of the molecule is Nc1ccccc1C(=O)n1nc(-c2cc(=O)n(Cc3cnoc3)cc2C(=O)O)cc1NCc1ccc(Cl)s1. The van der Waals surface area contributed by atoms with E-state index < -0.39 is 17.4 Å². The van der Waals surface area contributed by atoms with Crippen LogP contribution in [0.4, 0.5) is 11.5 Å². The molecule has 0 saturated carbocycles. The number of nitrogens with one attached hydrogen (secondary N) is 1. The number of carboxylic acids is 1. The molecular weight excluding hydrogens is 532 g/mol. The van der Waals surface area contributed by atoms with E-state index >= 15 is 0 Å². The fourth-order valence-electron chi connectivity index (χ4n) is 3.80. The number of carbonyl (C=O) groups is 2. The molecule has 0 amide bonds. The molecule has 0 fully saturated rings. The molecular formula is C25H19ClN6O5S. The van der Waals surface area contributed by atoms with Crippen molar-refractivity contribution in [2.24, 2.45) is 0 Å². The minimum Gasteiger partial charge on any atom is -0.478 e. The lowest BCUT2D eigenvalue weighted by molar-refractivity contribution is 0.0696. The molecule has 0 atom stereocenters. The van der Waals surface area contributed by atoms with Crippen LogP contribution in [0, 0.1) is 0 Å². The van der Waals surface area contributed by atoms with Crippen molar-refractivity contribution >= 4 is 46.3 Å². The maximum Gasteiger partial charge on any atom is 0.337 e. The summed E-state index contributed by atoms with van der Waals surface area (Å²) in [5, 5.41) is 21.1. The van der Waals surface area contributed by atoms with Crippen LogP contribution in [-0.4, -0.2) is 36.5 Å². The number of carboxylic acid groups (broad SMARTS) is 1. The summed E-state index contributed by atoms with van der Waals surface area (Å²) in [4.78, 5) is 39.4. The number of rotatable bonds is 8. The normalized spacial score (nSPS) is 11.0. The van der Waals surface area contributed by atoms with Gasteiger partial charge < -0.3 is 25.2 Å². The number of hydrogen-bond donors (Lipinski definition) is 3. The van der Waals surface area contributed by atoms with Crippen molar-refractivity contribution in [3.8, 4) is 11.3 Å². The predicted octanol–water partition coefficient (Wildman–Crippen LogP) is 4.04. The minimum absolute atomic E-state index is 0.0545. The Morgan fingerprint density at radius 3 is 2.66 bits per heavy atom. The molecule has 13 heteroatoms. The molecule has 0 saturated heterocycles. The average Bonchev–Trinajstić information content (AvgIpc) is 3.65. The van der Waals surface area contributed by atoms with Crippen molar-refractivity contribution < 1.29 is 19.2 Å². The molecule has 0 aliphatic rings. The maximum atomic E-state index is 13.4. The van der Waals surface area contributed by atoms with E-state index in [1.54, 1.807) is 30.3 Å². The van der Waals surface area contributed by atoms with E-state index in [4.69, 9.17) is 21.9 Å². The quantitative estimate of drug-likeness (QED) is 0.242. The zero-order valence-corrected chi connectivity index (χ0v) is 21.1. The molecule has 1 aromatic carbocycles. The Morgan fingerprint density at radius 2 is 1.97 bits per heavy atom. The topological polar surface area (TPSA) is 158 Å². The van der Waals surface area contributed by atoms with Crippen LogP contribution in [0.1, 0.15) is 31.2 Å². The van der Waals surface area contributed by atoms with Crippen molar-refractivity contribution in [3.05, 3.63) is 103 Å². The van der Waals surface area contributed by atoms with Crippen LogP contribution in [0.15, 0.2) is 76.5 Å². The summed E-state index contributed by atoms with van der Waals surface area (Å²) in [5.41, 5.74) is 6.61. The van der Waals surface area contributed by atoms with E-state index in [0.29, 0.717) is 16.4 Å². The number of pyridine rings is 1. The molecule has 0 unspecified atom stereocenters. The number of nitrogens with two attached hydrogens (primary N) is 1. The first-order valence-corrected chi connectivity index (χ1v) is 12.3. The van der Waals surface area contributed by atoms with Crippen molar-refractivity contribution in [2.45, 2.75) is 13.1 Å². The highest BCUT2D eigenvalue weighted by Crippen LogP contribution is 2.28. The van der Waals surface area contributed by atoms with E-state index in [1.807, 2.05) is 6.07 Å². The van der Waals surface area contributed by atoms with Gasteiger partial charge in [-0.2, -0.15) is 9.78 Å². The molecule has 4 heterocycles. The summed E-state index contributed by atoms with van der Waals surface area (Å²) in [6, 6.07) is 12.8. The second-order valence-electron chi connectivity index (χ2n) is 8.18. The Hall–Kier alpha value is -4.68. The molecule has 0 aliphatic carbocycles. The number of carbonyl (C=O) groups excluding carboxylic acids is 1. The number of para-hydroxylation sites is 1. The van der Waals surface area contributed by atoms with Crippen molar-refractivity contribution in [2.75, 3.05) is 11.1 Å². The zero-order valence-electron chi connectivity index (χ0n) is 19.5. The monoisotopic (exact) mass is 550 g/mol. The van der Waals surface area contributed by atoms with Crippen molar-refractivity contribution in [3.63, 3.8) is 0 Å². The highest BCUT2D eigenvalue weighted by Gasteiger charge is 2.23. The Morgan fingerprint density at radius 1 is 1.16 bits per heavy atom. The van der Waals surface area contributed by atoms with Crippen LogP contribution in [-0.2, 0) is 13.1 Å². The standard InChI is InChI=1S/C25H19ClN6O5S/c26-21-6-5-15(38-21)10-28-22-8-20(30-32(22)24(34)16-3-1-2-4-19(16)27)17-7-23(33)31(12-18(17)25(35)36)11-14-9-29-37-13-14/h1-9,12-13,28H,10-11,27H2,(H,35,36). The second kappa shape index (κ2) is 10.4. The Bertz CT molecular complexity index is 1710. The van der Waals surface area contributed by atoms with Crippen molar-refractivity contribution in [1.29, 1.82) is 0 Å². The number of anilines is 2. The third-order valence-electron chi connectivity index (χ3n) is 5.63. The van der Waals surface area contributed by atoms with Gasteiger partial charge in [0.25, 0.3) is 11.5 Å². The van der Waals surface area contributed by atoms with Crippen LogP contribution >= 0.6 is 22.9 Å². The molecule has 4 aromatic heterocycles. The summed E-state index contributed by atoms with van der Waals surface area (Å²) in [5.74, 6) is -1.52. The Kier molecular flexibility index (Phi) is 6.81. The first-order chi connectivity index (χ1) is 18.3. The number of nitrogens with zero attached hydrogens (tertiary/aromatic N) is 4. The smallest absolute Gasteiger partial charge is 0.337 e. The lowest BCUT2D eigenvalue weighted by atomic mass is 10.1. The number of halogens is 1. The molecule has 0 spiro atoms. The van der Waals surface area contributed by atoms with Crippen LogP contribution in [0.5, 0.6) is 0 Å². The largest absolute Gasteiger partial charge is 0.478 e. The summed E-state index contributed by atoms with van der Waals surface area (Å²) in [6.45, 7) is 0.394.